The van der Waals surface area contributed by atoms with E-state index in [1.165, 1.54) is 0 Å². The predicted molar refractivity (Wildman–Crippen MR) is 54.4 cm³/mol. The molecular formula is C10H22O4. The molecule has 0 aromatic rings. The van der Waals surface area contributed by atoms with Crippen molar-refractivity contribution in [1.29, 1.82) is 0 Å². The average Bonchev–Trinajstić information content (AvgIpc) is 2.22. The van der Waals surface area contributed by atoms with E-state index < -0.39 is 0 Å². The van der Waals surface area contributed by atoms with E-state index in [1.54, 1.807) is 7.11 Å². The van der Waals surface area contributed by atoms with Gasteiger partial charge in [0.05, 0.1) is 13.2 Å². The Morgan fingerprint density at radius 2 is 2.00 bits per heavy atom. The van der Waals surface area contributed by atoms with Gasteiger partial charge in [0.15, 0.2) is 0 Å². The molecule has 0 aliphatic heterocycles. The number of hydrogen-bond acceptors (Lipinski definition) is 4. The van der Waals surface area contributed by atoms with Crippen LogP contribution in [0.25, 0.3) is 0 Å². The molecule has 4 heteroatoms. The molecule has 14 heavy (non-hydrogen) atoms. The lowest BCUT2D eigenvalue weighted by Crippen LogP contribution is -2.25. The molecule has 0 spiro atoms. The van der Waals surface area contributed by atoms with Crippen LogP contribution in [0.2, 0.25) is 0 Å². The van der Waals surface area contributed by atoms with Crippen molar-refractivity contribution in [3.05, 3.63) is 0 Å². The third-order valence-electron chi connectivity index (χ3n) is 1.70. The monoisotopic (exact) mass is 206 g/mol. The van der Waals surface area contributed by atoms with Crippen LogP contribution in [0.3, 0.4) is 0 Å². The number of ether oxygens (including phenoxy) is 3. The van der Waals surface area contributed by atoms with Gasteiger partial charge in [0.1, 0.15) is 6.10 Å². The van der Waals surface area contributed by atoms with Crippen molar-refractivity contribution in [1.82, 2.24) is 0 Å². The molecule has 0 amide bonds. The molecule has 1 unspecified atom stereocenters. The highest BCUT2D eigenvalue weighted by Crippen LogP contribution is 1.95. The van der Waals surface area contributed by atoms with Crippen LogP contribution in [-0.2, 0) is 14.2 Å². The Hall–Kier alpha value is -0.160. The maximum Gasteiger partial charge on any atom is 0.104 e. The number of hydrogen-bond donors (Lipinski definition) is 1. The summed E-state index contributed by atoms with van der Waals surface area (Å²) in [7, 11) is 1.66. The van der Waals surface area contributed by atoms with Gasteiger partial charge in [-0.1, -0.05) is 6.92 Å². The van der Waals surface area contributed by atoms with Crippen LogP contribution in [0.15, 0.2) is 0 Å². The standard InChI is InChI=1S/C10H22O4/c1-3-5-13-9-10(8-11)14-7-4-6-12-2/h10-11H,3-9H2,1-2H3. The van der Waals surface area contributed by atoms with E-state index in [9.17, 15) is 0 Å². The largest absolute Gasteiger partial charge is 0.394 e. The summed E-state index contributed by atoms with van der Waals surface area (Å²) < 4.78 is 15.5. The van der Waals surface area contributed by atoms with E-state index in [4.69, 9.17) is 19.3 Å². The highest BCUT2D eigenvalue weighted by molar-refractivity contribution is 4.53. The maximum absolute atomic E-state index is 8.95. The Labute approximate surface area is 86.2 Å². The summed E-state index contributed by atoms with van der Waals surface area (Å²) in [5.74, 6) is 0. The van der Waals surface area contributed by atoms with Gasteiger partial charge in [0, 0.05) is 26.9 Å². The summed E-state index contributed by atoms with van der Waals surface area (Å²) in [5, 5.41) is 8.95. The Kier molecular flexibility index (Phi) is 10.8. The van der Waals surface area contributed by atoms with Gasteiger partial charge < -0.3 is 19.3 Å². The Balaban J connectivity index is 3.28. The molecule has 0 bridgehead atoms. The molecule has 4 nitrogen and oxygen atoms in total. The second-order valence-electron chi connectivity index (χ2n) is 3.10. The Morgan fingerprint density at radius 1 is 1.21 bits per heavy atom. The SMILES string of the molecule is CCCOCC(CO)OCCCOC. The van der Waals surface area contributed by atoms with Crippen molar-refractivity contribution in [2.45, 2.75) is 25.9 Å². The normalized spacial score (nSPS) is 13.1. The quantitative estimate of drug-likeness (QED) is 0.538. The van der Waals surface area contributed by atoms with Gasteiger partial charge in [-0.25, -0.2) is 0 Å². The van der Waals surface area contributed by atoms with Gasteiger partial charge >= 0.3 is 0 Å². The molecule has 86 valence electrons. The van der Waals surface area contributed by atoms with Gasteiger partial charge in [0.25, 0.3) is 0 Å². The van der Waals surface area contributed by atoms with Gasteiger partial charge in [-0.3, -0.25) is 0 Å². The number of aliphatic hydroxyl groups is 1. The van der Waals surface area contributed by atoms with E-state index in [0.717, 1.165) is 19.4 Å². The van der Waals surface area contributed by atoms with E-state index in [-0.39, 0.29) is 12.7 Å². The smallest absolute Gasteiger partial charge is 0.104 e. The molecule has 0 aliphatic carbocycles. The summed E-state index contributed by atoms with van der Waals surface area (Å²) >= 11 is 0. The summed E-state index contributed by atoms with van der Waals surface area (Å²) in [4.78, 5) is 0. The fourth-order valence-corrected chi connectivity index (χ4v) is 0.966. The van der Waals surface area contributed by atoms with Crippen LogP contribution in [-0.4, -0.2) is 51.4 Å². The molecular weight excluding hydrogens is 184 g/mol. The van der Waals surface area contributed by atoms with Crippen molar-refractivity contribution >= 4 is 0 Å². The lowest BCUT2D eigenvalue weighted by atomic mass is 10.4. The van der Waals surface area contributed by atoms with E-state index in [2.05, 4.69) is 0 Å². The van der Waals surface area contributed by atoms with Crippen LogP contribution in [0.5, 0.6) is 0 Å². The summed E-state index contributed by atoms with van der Waals surface area (Å²) in [5.41, 5.74) is 0. The molecule has 0 rings (SSSR count). The highest BCUT2D eigenvalue weighted by Gasteiger charge is 2.06. The molecule has 1 atom stereocenters. The summed E-state index contributed by atoms with van der Waals surface area (Å²) in [6.07, 6.45) is 1.64. The molecule has 0 aromatic heterocycles. The molecule has 0 saturated carbocycles. The first-order chi connectivity index (χ1) is 6.85. The second kappa shape index (κ2) is 10.9. The van der Waals surface area contributed by atoms with Crippen LogP contribution >= 0.6 is 0 Å². The Bertz CT molecular complexity index is 108. The van der Waals surface area contributed by atoms with E-state index >= 15 is 0 Å². The van der Waals surface area contributed by atoms with Crippen LogP contribution in [0.4, 0.5) is 0 Å². The van der Waals surface area contributed by atoms with Crippen LogP contribution in [0, 0.1) is 0 Å². The number of rotatable bonds is 10. The Morgan fingerprint density at radius 3 is 2.57 bits per heavy atom. The van der Waals surface area contributed by atoms with Crippen LogP contribution in [0.1, 0.15) is 19.8 Å². The van der Waals surface area contributed by atoms with Crippen molar-refractivity contribution in [2.24, 2.45) is 0 Å². The minimum atomic E-state index is -0.196. The molecule has 0 aromatic carbocycles. The fourth-order valence-electron chi connectivity index (χ4n) is 0.966. The average molecular weight is 206 g/mol. The lowest BCUT2D eigenvalue weighted by molar-refractivity contribution is -0.0459. The zero-order valence-corrected chi connectivity index (χ0v) is 9.20. The van der Waals surface area contributed by atoms with Crippen molar-refractivity contribution < 1.29 is 19.3 Å². The summed E-state index contributed by atoms with van der Waals surface area (Å²) in [6, 6.07) is 0. The van der Waals surface area contributed by atoms with Gasteiger partial charge in [-0.05, 0) is 12.8 Å². The molecule has 0 radical (unpaired) electrons. The second-order valence-corrected chi connectivity index (χ2v) is 3.10. The molecule has 1 N–H and O–H groups in total. The topological polar surface area (TPSA) is 47.9 Å². The zero-order chi connectivity index (χ0) is 10.6. The van der Waals surface area contributed by atoms with Gasteiger partial charge in [-0.15, -0.1) is 0 Å². The first kappa shape index (κ1) is 13.8. The fraction of sp³-hybridized carbons (Fsp3) is 1.00. The first-order valence-electron chi connectivity index (χ1n) is 5.14. The highest BCUT2D eigenvalue weighted by atomic mass is 16.5. The van der Waals surface area contributed by atoms with Gasteiger partial charge in [-0.2, -0.15) is 0 Å². The predicted octanol–water partition coefficient (Wildman–Crippen LogP) is 0.827. The third kappa shape index (κ3) is 8.44. The van der Waals surface area contributed by atoms with Gasteiger partial charge in [0.2, 0.25) is 0 Å². The maximum atomic E-state index is 8.95. The minimum Gasteiger partial charge on any atom is -0.394 e. The molecule has 0 heterocycles. The van der Waals surface area contributed by atoms with Crippen molar-refractivity contribution in [2.75, 3.05) is 40.1 Å². The summed E-state index contributed by atoms with van der Waals surface area (Å²) in [6.45, 7) is 4.54. The molecule has 0 aliphatic rings. The minimum absolute atomic E-state index is 0.0106. The van der Waals surface area contributed by atoms with Crippen molar-refractivity contribution in [3.8, 4) is 0 Å². The number of methoxy groups -OCH3 is 1. The van der Waals surface area contributed by atoms with E-state index in [1.807, 2.05) is 6.92 Å². The lowest BCUT2D eigenvalue weighted by Gasteiger charge is -2.15. The van der Waals surface area contributed by atoms with E-state index in [0.29, 0.717) is 19.8 Å². The van der Waals surface area contributed by atoms with Crippen molar-refractivity contribution in [3.63, 3.8) is 0 Å². The molecule has 0 fully saturated rings. The van der Waals surface area contributed by atoms with Crippen LogP contribution < -0.4 is 0 Å². The molecule has 0 saturated heterocycles. The first-order valence-corrected chi connectivity index (χ1v) is 5.14. The zero-order valence-electron chi connectivity index (χ0n) is 9.20. The third-order valence-corrected chi connectivity index (χ3v) is 1.70. The number of aliphatic hydroxyl groups excluding tert-OH is 1.